The molecule has 0 aliphatic heterocycles. The number of rotatable bonds is 7. The number of halogens is 1. The van der Waals surface area contributed by atoms with Gasteiger partial charge in [0.1, 0.15) is 11.6 Å². The molecule has 0 bridgehead atoms. The van der Waals surface area contributed by atoms with Crippen LogP contribution in [0.25, 0.3) is 0 Å². The number of hydrogen-bond acceptors (Lipinski definition) is 2. The fourth-order valence-electron chi connectivity index (χ4n) is 2.39. The molecule has 2 rings (SSSR count). The van der Waals surface area contributed by atoms with Crippen LogP contribution < -0.4 is 10.1 Å². The molecule has 21 heavy (non-hydrogen) atoms. The van der Waals surface area contributed by atoms with Gasteiger partial charge in [-0.1, -0.05) is 37.3 Å². The molecule has 0 amide bonds. The highest BCUT2D eigenvalue weighted by molar-refractivity contribution is 5.41. The molecule has 2 aromatic rings. The van der Waals surface area contributed by atoms with E-state index in [1.807, 2.05) is 37.3 Å². The van der Waals surface area contributed by atoms with Crippen LogP contribution in [0.3, 0.4) is 0 Å². The zero-order valence-electron chi connectivity index (χ0n) is 12.6. The fourth-order valence-corrected chi connectivity index (χ4v) is 2.39. The number of para-hydroxylation sites is 1. The van der Waals surface area contributed by atoms with Crippen molar-refractivity contribution in [2.75, 3.05) is 13.2 Å². The quantitative estimate of drug-likeness (QED) is 0.819. The second-order valence-electron chi connectivity index (χ2n) is 4.91. The van der Waals surface area contributed by atoms with Gasteiger partial charge in [-0.05, 0) is 43.7 Å². The van der Waals surface area contributed by atoms with Gasteiger partial charge in [0, 0.05) is 5.56 Å². The van der Waals surface area contributed by atoms with E-state index in [-0.39, 0.29) is 11.9 Å². The lowest BCUT2D eigenvalue weighted by Crippen LogP contribution is -2.24. The van der Waals surface area contributed by atoms with Crippen molar-refractivity contribution in [1.82, 2.24) is 5.32 Å². The summed E-state index contributed by atoms with van der Waals surface area (Å²) >= 11 is 0. The summed E-state index contributed by atoms with van der Waals surface area (Å²) in [5.74, 6) is 0.627. The van der Waals surface area contributed by atoms with E-state index in [1.54, 1.807) is 12.1 Å². The van der Waals surface area contributed by atoms with Gasteiger partial charge in [-0.2, -0.15) is 0 Å². The highest BCUT2D eigenvalue weighted by Gasteiger charge is 2.17. The Labute approximate surface area is 126 Å². The Morgan fingerprint density at radius 3 is 2.62 bits per heavy atom. The molecule has 0 spiro atoms. The minimum atomic E-state index is -0.218. The number of benzene rings is 2. The largest absolute Gasteiger partial charge is 0.494 e. The van der Waals surface area contributed by atoms with Crippen LogP contribution in [0.2, 0.25) is 0 Å². The van der Waals surface area contributed by atoms with Crippen molar-refractivity contribution in [3.05, 3.63) is 65.5 Å². The summed E-state index contributed by atoms with van der Waals surface area (Å²) in [6.07, 6.45) is 1.02. The molecule has 2 nitrogen and oxygen atoms in total. The van der Waals surface area contributed by atoms with Crippen molar-refractivity contribution in [2.24, 2.45) is 0 Å². The van der Waals surface area contributed by atoms with E-state index in [4.69, 9.17) is 4.74 Å². The average Bonchev–Trinajstić information content (AvgIpc) is 2.49. The van der Waals surface area contributed by atoms with Crippen molar-refractivity contribution in [1.29, 1.82) is 0 Å². The topological polar surface area (TPSA) is 21.3 Å². The standard InChI is InChI=1S/C18H22FNO/c1-3-12-20-18(14-8-7-9-15(19)13-14)16-10-5-6-11-17(16)21-4-2/h5-11,13,18,20H,3-4,12H2,1-2H3. The van der Waals surface area contributed by atoms with Crippen LogP contribution in [-0.2, 0) is 0 Å². The van der Waals surface area contributed by atoms with Crippen molar-refractivity contribution in [3.8, 4) is 5.75 Å². The molecule has 0 aliphatic rings. The molecule has 3 heteroatoms. The Morgan fingerprint density at radius 1 is 1.10 bits per heavy atom. The molecule has 1 atom stereocenters. The van der Waals surface area contributed by atoms with E-state index >= 15 is 0 Å². The summed E-state index contributed by atoms with van der Waals surface area (Å²) in [6.45, 7) is 5.56. The molecule has 0 radical (unpaired) electrons. The summed E-state index contributed by atoms with van der Waals surface area (Å²) < 4.78 is 19.3. The normalized spacial score (nSPS) is 12.1. The summed E-state index contributed by atoms with van der Waals surface area (Å²) in [4.78, 5) is 0. The Morgan fingerprint density at radius 2 is 1.90 bits per heavy atom. The average molecular weight is 287 g/mol. The zero-order chi connectivity index (χ0) is 15.1. The van der Waals surface area contributed by atoms with Gasteiger partial charge in [-0.15, -0.1) is 0 Å². The van der Waals surface area contributed by atoms with E-state index in [9.17, 15) is 4.39 Å². The lowest BCUT2D eigenvalue weighted by molar-refractivity contribution is 0.333. The molecule has 2 aromatic carbocycles. The Balaban J connectivity index is 2.40. The van der Waals surface area contributed by atoms with E-state index in [2.05, 4.69) is 12.2 Å². The first-order valence-electron chi connectivity index (χ1n) is 7.46. The SMILES string of the molecule is CCCNC(c1cccc(F)c1)c1ccccc1OCC. The lowest BCUT2D eigenvalue weighted by Gasteiger charge is -2.22. The Bertz CT molecular complexity index is 571. The minimum absolute atomic E-state index is 0.0663. The first-order valence-corrected chi connectivity index (χ1v) is 7.46. The molecule has 0 saturated heterocycles. The zero-order valence-corrected chi connectivity index (χ0v) is 12.6. The predicted octanol–water partition coefficient (Wildman–Crippen LogP) is 4.31. The second kappa shape index (κ2) is 7.79. The number of ether oxygens (including phenoxy) is 1. The van der Waals surface area contributed by atoms with Crippen LogP contribution in [0.1, 0.15) is 37.4 Å². The third-order valence-corrected chi connectivity index (χ3v) is 3.31. The molecular weight excluding hydrogens is 265 g/mol. The van der Waals surface area contributed by atoms with Gasteiger partial charge < -0.3 is 10.1 Å². The third kappa shape index (κ3) is 4.05. The van der Waals surface area contributed by atoms with Crippen LogP contribution in [0.4, 0.5) is 4.39 Å². The van der Waals surface area contributed by atoms with Gasteiger partial charge in [0.2, 0.25) is 0 Å². The molecular formula is C18H22FNO. The summed E-state index contributed by atoms with van der Waals surface area (Å²) in [5.41, 5.74) is 1.95. The summed E-state index contributed by atoms with van der Waals surface area (Å²) in [5, 5.41) is 3.48. The molecule has 1 unspecified atom stereocenters. The van der Waals surface area contributed by atoms with Crippen LogP contribution in [0, 0.1) is 5.82 Å². The smallest absolute Gasteiger partial charge is 0.124 e. The van der Waals surface area contributed by atoms with E-state index < -0.39 is 0 Å². The maximum Gasteiger partial charge on any atom is 0.124 e. The van der Waals surface area contributed by atoms with E-state index in [1.165, 1.54) is 6.07 Å². The van der Waals surface area contributed by atoms with Gasteiger partial charge in [0.05, 0.1) is 12.6 Å². The molecule has 0 heterocycles. The van der Waals surface area contributed by atoms with E-state index in [0.29, 0.717) is 6.61 Å². The van der Waals surface area contributed by atoms with E-state index in [0.717, 1.165) is 29.8 Å². The predicted molar refractivity (Wildman–Crippen MR) is 84.1 cm³/mol. The van der Waals surface area contributed by atoms with Crippen LogP contribution in [0.15, 0.2) is 48.5 Å². The summed E-state index contributed by atoms with van der Waals surface area (Å²) in [7, 11) is 0. The number of hydrogen-bond donors (Lipinski definition) is 1. The Kier molecular flexibility index (Phi) is 5.76. The first-order chi connectivity index (χ1) is 10.3. The van der Waals surface area contributed by atoms with Crippen LogP contribution in [0.5, 0.6) is 5.75 Å². The van der Waals surface area contributed by atoms with Gasteiger partial charge in [-0.3, -0.25) is 0 Å². The third-order valence-electron chi connectivity index (χ3n) is 3.31. The van der Waals surface area contributed by atoms with Gasteiger partial charge >= 0.3 is 0 Å². The van der Waals surface area contributed by atoms with Crippen LogP contribution >= 0.6 is 0 Å². The molecule has 1 N–H and O–H groups in total. The van der Waals surface area contributed by atoms with Crippen molar-refractivity contribution in [2.45, 2.75) is 26.3 Å². The highest BCUT2D eigenvalue weighted by atomic mass is 19.1. The van der Waals surface area contributed by atoms with Crippen LogP contribution in [-0.4, -0.2) is 13.2 Å². The first kappa shape index (κ1) is 15.5. The molecule has 0 saturated carbocycles. The lowest BCUT2D eigenvalue weighted by atomic mass is 9.97. The molecule has 112 valence electrons. The summed E-state index contributed by atoms with van der Waals surface area (Å²) in [6, 6.07) is 14.6. The fraction of sp³-hybridized carbons (Fsp3) is 0.333. The second-order valence-corrected chi connectivity index (χ2v) is 4.91. The molecule has 0 aliphatic carbocycles. The highest BCUT2D eigenvalue weighted by Crippen LogP contribution is 2.30. The monoisotopic (exact) mass is 287 g/mol. The van der Waals surface area contributed by atoms with Gasteiger partial charge in [0.15, 0.2) is 0 Å². The molecule has 0 aromatic heterocycles. The minimum Gasteiger partial charge on any atom is -0.494 e. The van der Waals surface area contributed by atoms with Crippen molar-refractivity contribution >= 4 is 0 Å². The molecule has 0 fully saturated rings. The van der Waals surface area contributed by atoms with Gasteiger partial charge in [-0.25, -0.2) is 4.39 Å². The maximum atomic E-state index is 13.6. The number of nitrogens with one attached hydrogen (secondary N) is 1. The van der Waals surface area contributed by atoms with Crippen molar-refractivity contribution < 1.29 is 9.13 Å². The van der Waals surface area contributed by atoms with Crippen molar-refractivity contribution in [3.63, 3.8) is 0 Å². The Hall–Kier alpha value is -1.87. The van der Waals surface area contributed by atoms with Gasteiger partial charge in [0.25, 0.3) is 0 Å². The maximum absolute atomic E-state index is 13.6.